The Labute approximate surface area is 470 Å². The summed E-state index contributed by atoms with van der Waals surface area (Å²) in [5.41, 5.74) is 0. The van der Waals surface area contributed by atoms with Gasteiger partial charge in [-0.3, -0.25) is 14.4 Å². The van der Waals surface area contributed by atoms with E-state index in [1.165, 1.54) is 141 Å². The van der Waals surface area contributed by atoms with Crippen LogP contribution in [0, 0.1) is 0 Å². The molecular weight excluding hydrogens is 937 g/mol. The topological polar surface area (TPSA) is 78.9 Å². The fraction of sp³-hybridized carbons (Fsp3) is 0.700. The minimum absolute atomic E-state index is 0.0823. The third-order valence-corrected chi connectivity index (χ3v) is 13.5. The molecule has 0 saturated carbocycles. The molecule has 0 aliphatic carbocycles. The van der Waals surface area contributed by atoms with Crippen LogP contribution in [0.3, 0.4) is 0 Å². The molecule has 0 aromatic carbocycles. The van der Waals surface area contributed by atoms with Gasteiger partial charge in [0.25, 0.3) is 0 Å². The summed E-state index contributed by atoms with van der Waals surface area (Å²) in [7, 11) is 0. The Kier molecular flexibility index (Phi) is 60.3. The van der Waals surface area contributed by atoms with Crippen molar-refractivity contribution in [3.05, 3.63) is 109 Å². The molecule has 1 atom stereocenters. The van der Waals surface area contributed by atoms with Gasteiger partial charge < -0.3 is 14.2 Å². The van der Waals surface area contributed by atoms with Gasteiger partial charge in [0.15, 0.2) is 6.10 Å². The molecule has 0 amide bonds. The van der Waals surface area contributed by atoms with Crippen LogP contribution in [-0.4, -0.2) is 37.2 Å². The molecule has 0 rings (SSSR count). The summed E-state index contributed by atoms with van der Waals surface area (Å²) in [5.74, 6) is -0.897. The molecule has 0 fully saturated rings. The molecular formula is C70H118O6. The van der Waals surface area contributed by atoms with E-state index in [0.717, 1.165) is 116 Å². The highest BCUT2D eigenvalue weighted by molar-refractivity contribution is 5.71. The number of esters is 3. The first-order valence-corrected chi connectivity index (χ1v) is 31.9. The first-order valence-electron chi connectivity index (χ1n) is 31.9. The zero-order chi connectivity index (χ0) is 55.0. The maximum absolute atomic E-state index is 12.9. The Morgan fingerprint density at radius 1 is 0.276 bits per heavy atom. The van der Waals surface area contributed by atoms with Gasteiger partial charge in [-0.2, -0.15) is 0 Å². The second kappa shape index (κ2) is 63.6. The normalized spacial score (nSPS) is 12.8. The zero-order valence-corrected chi connectivity index (χ0v) is 49.7. The van der Waals surface area contributed by atoms with Gasteiger partial charge in [-0.05, 0) is 109 Å². The molecule has 0 saturated heterocycles. The van der Waals surface area contributed by atoms with Gasteiger partial charge in [-0.1, -0.05) is 278 Å². The second-order valence-corrected chi connectivity index (χ2v) is 20.9. The Hall–Kier alpha value is -3.93. The minimum atomic E-state index is -0.785. The zero-order valence-electron chi connectivity index (χ0n) is 49.7. The number of unbranched alkanes of at least 4 members (excludes halogenated alkanes) is 28. The van der Waals surface area contributed by atoms with E-state index in [2.05, 4.69) is 130 Å². The summed E-state index contributed by atoms with van der Waals surface area (Å²) in [6.07, 6.45) is 86.8. The molecule has 434 valence electrons. The van der Waals surface area contributed by atoms with Crippen molar-refractivity contribution in [2.75, 3.05) is 13.2 Å². The molecule has 0 aromatic heterocycles. The lowest BCUT2D eigenvalue weighted by atomic mass is 10.1. The number of hydrogen-bond donors (Lipinski definition) is 0. The van der Waals surface area contributed by atoms with E-state index < -0.39 is 6.10 Å². The van der Waals surface area contributed by atoms with Gasteiger partial charge in [-0.15, -0.1) is 0 Å². The van der Waals surface area contributed by atoms with Crippen molar-refractivity contribution >= 4 is 17.9 Å². The smallest absolute Gasteiger partial charge is 0.306 e. The lowest BCUT2D eigenvalue weighted by molar-refractivity contribution is -0.167. The maximum atomic E-state index is 12.9. The van der Waals surface area contributed by atoms with E-state index in [9.17, 15) is 14.4 Å². The quantitative estimate of drug-likeness (QED) is 0.0261. The largest absolute Gasteiger partial charge is 0.462 e. The first kappa shape index (κ1) is 72.1. The summed E-state index contributed by atoms with van der Waals surface area (Å²) >= 11 is 0. The number of rotatable bonds is 57. The number of ether oxygens (including phenoxy) is 3. The summed E-state index contributed by atoms with van der Waals surface area (Å²) in [4.78, 5) is 38.1. The van der Waals surface area contributed by atoms with E-state index in [0.29, 0.717) is 19.3 Å². The molecule has 0 aromatic rings. The lowest BCUT2D eigenvalue weighted by Gasteiger charge is -2.18. The van der Waals surface area contributed by atoms with Gasteiger partial charge in [0.2, 0.25) is 0 Å². The number of allylic oxidation sites excluding steroid dienone is 18. The van der Waals surface area contributed by atoms with Crippen LogP contribution in [0.4, 0.5) is 0 Å². The van der Waals surface area contributed by atoms with Gasteiger partial charge in [0, 0.05) is 19.3 Å². The predicted octanol–water partition coefficient (Wildman–Crippen LogP) is 21.8. The summed E-state index contributed by atoms with van der Waals surface area (Å²) in [6, 6.07) is 0. The third-order valence-electron chi connectivity index (χ3n) is 13.5. The van der Waals surface area contributed by atoms with Crippen LogP contribution in [0.5, 0.6) is 0 Å². The monoisotopic (exact) mass is 1050 g/mol. The molecule has 0 heterocycles. The molecule has 1 unspecified atom stereocenters. The Bertz CT molecular complexity index is 1540. The number of carbonyl (C=O) groups is 3. The molecule has 0 aliphatic heterocycles. The molecule has 0 aliphatic rings. The van der Waals surface area contributed by atoms with Crippen LogP contribution in [0.25, 0.3) is 0 Å². The van der Waals surface area contributed by atoms with Crippen molar-refractivity contribution in [2.45, 2.75) is 303 Å². The number of carbonyl (C=O) groups excluding carboxylic acids is 3. The summed E-state index contributed by atoms with van der Waals surface area (Å²) in [6.45, 7) is 6.49. The van der Waals surface area contributed by atoms with Crippen LogP contribution in [0.2, 0.25) is 0 Å². The van der Waals surface area contributed by atoms with E-state index >= 15 is 0 Å². The predicted molar refractivity (Wildman–Crippen MR) is 330 cm³/mol. The van der Waals surface area contributed by atoms with Crippen molar-refractivity contribution in [1.29, 1.82) is 0 Å². The van der Waals surface area contributed by atoms with Gasteiger partial charge in [0.1, 0.15) is 13.2 Å². The van der Waals surface area contributed by atoms with Gasteiger partial charge in [-0.25, -0.2) is 0 Å². The minimum Gasteiger partial charge on any atom is -0.462 e. The third kappa shape index (κ3) is 60.9. The Morgan fingerprint density at radius 3 is 0.803 bits per heavy atom. The van der Waals surface area contributed by atoms with E-state index in [4.69, 9.17) is 14.2 Å². The van der Waals surface area contributed by atoms with Crippen molar-refractivity contribution in [3.63, 3.8) is 0 Å². The SMILES string of the molecule is CC/C=C\C/C=C\C/C=C\C/C=C\C/C=C\C/C=C\C/C=C\CCCCCCCCCC(=O)OCC(COC(=O)CCCCCCCCCC)OC(=O)CCCCCCCCCCC/C=C\C/C=C\CCCCCCC. The second-order valence-electron chi connectivity index (χ2n) is 20.9. The average molecular weight is 1060 g/mol. The summed E-state index contributed by atoms with van der Waals surface area (Å²) in [5, 5.41) is 0. The highest BCUT2D eigenvalue weighted by Crippen LogP contribution is 2.15. The van der Waals surface area contributed by atoms with Crippen LogP contribution >= 0.6 is 0 Å². The summed E-state index contributed by atoms with van der Waals surface area (Å²) < 4.78 is 16.8. The highest BCUT2D eigenvalue weighted by atomic mass is 16.6. The molecule has 0 radical (unpaired) electrons. The molecule has 0 bridgehead atoms. The Balaban J connectivity index is 4.23. The fourth-order valence-electron chi connectivity index (χ4n) is 8.75. The number of hydrogen-bond acceptors (Lipinski definition) is 6. The van der Waals surface area contributed by atoms with E-state index in [1.54, 1.807) is 0 Å². The highest BCUT2D eigenvalue weighted by Gasteiger charge is 2.19. The molecule has 0 spiro atoms. The molecule has 6 heteroatoms. The van der Waals surface area contributed by atoms with Crippen LogP contribution in [0.15, 0.2) is 109 Å². The molecule has 0 N–H and O–H groups in total. The Morgan fingerprint density at radius 2 is 0.513 bits per heavy atom. The van der Waals surface area contributed by atoms with Crippen molar-refractivity contribution in [3.8, 4) is 0 Å². The van der Waals surface area contributed by atoms with Crippen LogP contribution < -0.4 is 0 Å². The van der Waals surface area contributed by atoms with Gasteiger partial charge in [0.05, 0.1) is 0 Å². The van der Waals surface area contributed by atoms with Crippen LogP contribution in [0.1, 0.15) is 297 Å². The van der Waals surface area contributed by atoms with Crippen molar-refractivity contribution in [1.82, 2.24) is 0 Å². The average Bonchev–Trinajstić information content (AvgIpc) is 3.42. The standard InChI is InChI=1S/C70H118O6/c1-4-7-10-13-16-19-21-23-25-27-29-31-32-33-34-35-36-37-38-40-41-43-45-47-49-51-54-57-60-63-69(72)75-66-67(65-74-68(71)62-59-56-53-18-15-12-9-6-3)76-70(73)64-61-58-55-52-50-48-46-44-42-39-30-28-26-24-22-20-17-14-11-8-5-2/h7,10,16,19,22-25,28-31,33-34,36-37,40-41,67H,4-6,8-9,11-15,17-18,20-21,26-27,32,35,38-39,42-66H2,1-3H3/b10-7-,19-16-,24-22-,25-23-,30-28-,31-29-,34-33-,37-36-,41-40-. The van der Waals surface area contributed by atoms with Crippen molar-refractivity contribution in [2.24, 2.45) is 0 Å². The first-order chi connectivity index (χ1) is 37.5. The van der Waals surface area contributed by atoms with Gasteiger partial charge >= 0.3 is 17.9 Å². The van der Waals surface area contributed by atoms with E-state index in [-0.39, 0.29) is 31.1 Å². The van der Waals surface area contributed by atoms with Crippen molar-refractivity contribution < 1.29 is 28.6 Å². The maximum Gasteiger partial charge on any atom is 0.306 e. The molecule has 6 nitrogen and oxygen atoms in total. The molecule has 76 heavy (non-hydrogen) atoms. The van der Waals surface area contributed by atoms with E-state index in [1.807, 2.05) is 0 Å². The lowest BCUT2D eigenvalue weighted by Crippen LogP contribution is -2.30. The fourth-order valence-corrected chi connectivity index (χ4v) is 8.75. The van der Waals surface area contributed by atoms with Crippen LogP contribution in [-0.2, 0) is 28.6 Å².